The van der Waals surface area contributed by atoms with Crippen molar-refractivity contribution >= 4 is 5.69 Å². The molecule has 3 rings (SSSR count). The van der Waals surface area contributed by atoms with Gasteiger partial charge in [-0.3, -0.25) is 0 Å². The molecule has 1 unspecified atom stereocenters. The summed E-state index contributed by atoms with van der Waals surface area (Å²) < 4.78 is 2.01. The number of anilines is 1. The number of nitrogens with zero attached hydrogens (tertiary/aromatic N) is 2. The van der Waals surface area contributed by atoms with Crippen molar-refractivity contribution in [2.45, 2.75) is 13.0 Å². The van der Waals surface area contributed by atoms with Gasteiger partial charge in [0.05, 0.1) is 17.7 Å². The van der Waals surface area contributed by atoms with E-state index in [4.69, 9.17) is 0 Å². The van der Waals surface area contributed by atoms with Crippen molar-refractivity contribution < 1.29 is 0 Å². The Kier molecular flexibility index (Phi) is 3.50. The lowest BCUT2D eigenvalue weighted by Gasteiger charge is -2.18. The van der Waals surface area contributed by atoms with Gasteiger partial charge in [-0.05, 0) is 24.6 Å². The van der Waals surface area contributed by atoms with E-state index in [2.05, 4.69) is 53.6 Å². The lowest BCUT2D eigenvalue weighted by atomic mass is 10.1. The van der Waals surface area contributed by atoms with Crippen molar-refractivity contribution in [1.82, 2.24) is 9.55 Å². The predicted octanol–water partition coefficient (Wildman–Crippen LogP) is 4.05. The maximum absolute atomic E-state index is 4.11. The molecule has 1 aromatic heterocycles. The first-order chi connectivity index (χ1) is 9.84. The third-order valence-corrected chi connectivity index (χ3v) is 3.36. The van der Waals surface area contributed by atoms with Gasteiger partial charge < -0.3 is 9.88 Å². The topological polar surface area (TPSA) is 29.9 Å². The Morgan fingerprint density at radius 3 is 2.50 bits per heavy atom. The van der Waals surface area contributed by atoms with Crippen molar-refractivity contribution in [2.24, 2.45) is 0 Å². The van der Waals surface area contributed by atoms with Crippen molar-refractivity contribution in [3.8, 4) is 5.69 Å². The summed E-state index contributed by atoms with van der Waals surface area (Å²) in [5.41, 5.74) is 3.47. The Bertz CT molecular complexity index is 660. The standard InChI is InChI=1S/C17H17N3/c1-14(15-7-3-2-4-8-15)19-16-9-5-6-10-17(16)20-12-11-18-13-20/h2-14,19H,1H3. The van der Waals surface area contributed by atoms with Crippen LogP contribution in [0.2, 0.25) is 0 Å². The Balaban J connectivity index is 1.88. The van der Waals surface area contributed by atoms with E-state index < -0.39 is 0 Å². The minimum absolute atomic E-state index is 0.251. The van der Waals surface area contributed by atoms with Gasteiger partial charge in [-0.1, -0.05) is 42.5 Å². The molecule has 0 radical (unpaired) electrons. The Morgan fingerprint density at radius 1 is 1.00 bits per heavy atom. The zero-order valence-electron chi connectivity index (χ0n) is 11.4. The lowest BCUT2D eigenvalue weighted by Crippen LogP contribution is -2.08. The van der Waals surface area contributed by atoms with Gasteiger partial charge in [-0.25, -0.2) is 4.98 Å². The van der Waals surface area contributed by atoms with E-state index in [9.17, 15) is 0 Å². The molecule has 3 aromatic rings. The summed E-state index contributed by atoms with van der Waals surface area (Å²) in [6.45, 7) is 2.17. The van der Waals surface area contributed by atoms with Gasteiger partial charge in [0.1, 0.15) is 0 Å². The van der Waals surface area contributed by atoms with Crippen LogP contribution in [-0.4, -0.2) is 9.55 Å². The maximum atomic E-state index is 4.11. The molecule has 0 saturated carbocycles. The molecular weight excluding hydrogens is 246 g/mol. The largest absolute Gasteiger partial charge is 0.377 e. The van der Waals surface area contributed by atoms with Crippen LogP contribution in [0.15, 0.2) is 73.3 Å². The summed E-state index contributed by atoms with van der Waals surface area (Å²) in [6.07, 6.45) is 5.55. The number of hydrogen-bond acceptors (Lipinski definition) is 2. The van der Waals surface area contributed by atoms with E-state index >= 15 is 0 Å². The molecule has 0 saturated heterocycles. The predicted molar refractivity (Wildman–Crippen MR) is 82.0 cm³/mol. The molecule has 1 heterocycles. The van der Waals surface area contributed by atoms with E-state index in [1.54, 1.807) is 6.20 Å². The first-order valence-electron chi connectivity index (χ1n) is 6.73. The molecule has 0 aliphatic rings. The average molecular weight is 263 g/mol. The van der Waals surface area contributed by atoms with Gasteiger partial charge >= 0.3 is 0 Å². The number of aromatic nitrogens is 2. The Morgan fingerprint density at radius 2 is 1.75 bits per heavy atom. The van der Waals surface area contributed by atoms with E-state index in [0.29, 0.717) is 0 Å². The van der Waals surface area contributed by atoms with Crippen LogP contribution in [-0.2, 0) is 0 Å². The van der Waals surface area contributed by atoms with Crippen LogP contribution >= 0.6 is 0 Å². The average Bonchev–Trinajstić information content (AvgIpc) is 3.03. The highest BCUT2D eigenvalue weighted by Gasteiger charge is 2.08. The van der Waals surface area contributed by atoms with Crippen molar-refractivity contribution in [2.75, 3.05) is 5.32 Å². The van der Waals surface area contributed by atoms with E-state index in [1.165, 1.54) is 5.56 Å². The van der Waals surface area contributed by atoms with Crippen LogP contribution in [0, 0.1) is 0 Å². The molecule has 20 heavy (non-hydrogen) atoms. The molecule has 0 bridgehead atoms. The fourth-order valence-electron chi connectivity index (χ4n) is 2.28. The van der Waals surface area contributed by atoms with Crippen molar-refractivity contribution in [3.63, 3.8) is 0 Å². The van der Waals surface area contributed by atoms with E-state index in [0.717, 1.165) is 11.4 Å². The highest BCUT2D eigenvalue weighted by atomic mass is 15.1. The van der Waals surface area contributed by atoms with Crippen LogP contribution in [0.25, 0.3) is 5.69 Å². The number of imidazole rings is 1. The lowest BCUT2D eigenvalue weighted by molar-refractivity contribution is 0.879. The second-order valence-corrected chi connectivity index (χ2v) is 4.76. The number of hydrogen-bond donors (Lipinski definition) is 1. The zero-order valence-corrected chi connectivity index (χ0v) is 11.4. The molecule has 1 atom stereocenters. The van der Waals surface area contributed by atoms with E-state index in [-0.39, 0.29) is 6.04 Å². The molecule has 3 nitrogen and oxygen atoms in total. The van der Waals surface area contributed by atoms with Gasteiger partial charge in [-0.15, -0.1) is 0 Å². The summed E-state index contributed by atoms with van der Waals surface area (Å²) in [5, 5.41) is 3.57. The maximum Gasteiger partial charge on any atom is 0.0992 e. The van der Waals surface area contributed by atoms with Crippen LogP contribution < -0.4 is 5.32 Å². The smallest absolute Gasteiger partial charge is 0.0992 e. The molecule has 1 N–H and O–H groups in total. The van der Waals surface area contributed by atoms with Crippen LogP contribution in [0.4, 0.5) is 5.69 Å². The quantitative estimate of drug-likeness (QED) is 0.769. The number of para-hydroxylation sites is 2. The fourth-order valence-corrected chi connectivity index (χ4v) is 2.28. The van der Waals surface area contributed by atoms with Crippen molar-refractivity contribution in [1.29, 1.82) is 0 Å². The first kappa shape index (κ1) is 12.5. The number of nitrogens with one attached hydrogen (secondary N) is 1. The monoisotopic (exact) mass is 263 g/mol. The minimum Gasteiger partial charge on any atom is -0.377 e. The van der Waals surface area contributed by atoms with E-state index in [1.807, 2.05) is 35.3 Å². The van der Waals surface area contributed by atoms with Crippen LogP contribution in [0.5, 0.6) is 0 Å². The molecule has 100 valence electrons. The third-order valence-electron chi connectivity index (χ3n) is 3.36. The molecule has 3 heteroatoms. The zero-order chi connectivity index (χ0) is 13.8. The molecular formula is C17H17N3. The minimum atomic E-state index is 0.251. The van der Waals surface area contributed by atoms with Gasteiger partial charge in [0, 0.05) is 18.4 Å². The SMILES string of the molecule is CC(Nc1ccccc1-n1ccnc1)c1ccccc1. The van der Waals surface area contributed by atoms with Crippen molar-refractivity contribution in [3.05, 3.63) is 78.9 Å². The summed E-state index contributed by atoms with van der Waals surface area (Å²) in [4.78, 5) is 4.11. The second kappa shape index (κ2) is 5.61. The van der Waals surface area contributed by atoms with Crippen LogP contribution in [0.1, 0.15) is 18.5 Å². The third kappa shape index (κ3) is 2.57. The van der Waals surface area contributed by atoms with Gasteiger partial charge in [0.2, 0.25) is 0 Å². The highest BCUT2D eigenvalue weighted by molar-refractivity contribution is 5.61. The van der Waals surface area contributed by atoms with Gasteiger partial charge in [0.15, 0.2) is 0 Å². The van der Waals surface area contributed by atoms with Gasteiger partial charge in [-0.2, -0.15) is 0 Å². The number of rotatable bonds is 4. The molecule has 2 aromatic carbocycles. The molecule has 0 aliphatic heterocycles. The van der Waals surface area contributed by atoms with Gasteiger partial charge in [0.25, 0.3) is 0 Å². The molecule has 0 aliphatic carbocycles. The summed E-state index contributed by atoms with van der Waals surface area (Å²) in [5.74, 6) is 0. The summed E-state index contributed by atoms with van der Waals surface area (Å²) in [7, 11) is 0. The summed E-state index contributed by atoms with van der Waals surface area (Å²) >= 11 is 0. The normalized spacial score (nSPS) is 12.1. The molecule has 0 fully saturated rings. The second-order valence-electron chi connectivity index (χ2n) is 4.76. The first-order valence-corrected chi connectivity index (χ1v) is 6.73. The molecule has 0 amide bonds. The Labute approximate surface area is 118 Å². The fraction of sp³-hybridized carbons (Fsp3) is 0.118. The Hall–Kier alpha value is -2.55. The molecule has 0 spiro atoms. The van der Waals surface area contributed by atoms with Crippen LogP contribution in [0.3, 0.4) is 0 Å². The highest BCUT2D eigenvalue weighted by Crippen LogP contribution is 2.24. The number of benzene rings is 2. The summed E-state index contributed by atoms with van der Waals surface area (Å²) in [6, 6.07) is 18.9.